The fourth-order valence-corrected chi connectivity index (χ4v) is 2.93. The van der Waals surface area contributed by atoms with Gasteiger partial charge in [-0.05, 0) is 24.5 Å². The van der Waals surface area contributed by atoms with Crippen LogP contribution in [0.5, 0.6) is 0 Å². The molecule has 1 unspecified atom stereocenters. The minimum absolute atomic E-state index is 0.638. The molecule has 0 bridgehead atoms. The molecule has 0 N–H and O–H groups in total. The highest BCUT2D eigenvalue weighted by atomic mass is 15.0. The summed E-state index contributed by atoms with van der Waals surface area (Å²) in [6, 6.07) is 9.52. The SMILES string of the molecule is CCCCCC(CC)[n+]1ccc(-c2cc[n+](CC)cc2)cc1. The van der Waals surface area contributed by atoms with Crippen molar-refractivity contribution < 1.29 is 9.13 Å². The fraction of sp³-hybridized carbons (Fsp3) is 0.500. The van der Waals surface area contributed by atoms with Gasteiger partial charge >= 0.3 is 0 Å². The van der Waals surface area contributed by atoms with Crippen LogP contribution < -0.4 is 9.13 Å². The monoisotopic (exact) mass is 298 g/mol. The van der Waals surface area contributed by atoms with Crippen molar-refractivity contribution in [2.45, 2.75) is 65.5 Å². The summed E-state index contributed by atoms with van der Waals surface area (Å²) in [7, 11) is 0. The summed E-state index contributed by atoms with van der Waals surface area (Å²) in [6.07, 6.45) is 15.3. The first-order valence-electron chi connectivity index (χ1n) is 8.78. The molecular formula is C20H30N2+2. The molecule has 0 saturated carbocycles. The zero-order chi connectivity index (χ0) is 15.8. The molecule has 2 aromatic heterocycles. The molecule has 0 aliphatic carbocycles. The lowest BCUT2D eigenvalue weighted by molar-refractivity contribution is -0.724. The molecule has 0 aromatic carbocycles. The molecule has 2 heterocycles. The van der Waals surface area contributed by atoms with E-state index in [1.165, 1.54) is 43.2 Å². The van der Waals surface area contributed by atoms with Crippen molar-refractivity contribution in [3.05, 3.63) is 49.1 Å². The summed E-state index contributed by atoms with van der Waals surface area (Å²) >= 11 is 0. The van der Waals surface area contributed by atoms with Gasteiger partial charge in [0, 0.05) is 37.1 Å². The lowest BCUT2D eigenvalue weighted by Crippen LogP contribution is -2.38. The summed E-state index contributed by atoms with van der Waals surface area (Å²) in [5.74, 6) is 0. The lowest BCUT2D eigenvalue weighted by atomic mass is 10.0. The minimum Gasteiger partial charge on any atom is -0.205 e. The van der Waals surface area contributed by atoms with Gasteiger partial charge in [0.25, 0.3) is 0 Å². The Morgan fingerprint density at radius 3 is 1.91 bits per heavy atom. The quantitative estimate of drug-likeness (QED) is 0.501. The summed E-state index contributed by atoms with van der Waals surface area (Å²) in [5.41, 5.74) is 2.58. The van der Waals surface area contributed by atoms with E-state index in [9.17, 15) is 0 Å². The van der Waals surface area contributed by atoms with Crippen LogP contribution in [0.15, 0.2) is 49.1 Å². The van der Waals surface area contributed by atoms with Crippen molar-refractivity contribution in [1.29, 1.82) is 0 Å². The van der Waals surface area contributed by atoms with Crippen LogP contribution in [0.1, 0.15) is 58.9 Å². The predicted octanol–water partition coefficient (Wildman–Crippen LogP) is 4.48. The summed E-state index contributed by atoms with van der Waals surface area (Å²) < 4.78 is 4.57. The molecule has 0 aliphatic heterocycles. The second-order valence-electron chi connectivity index (χ2n) is 6.01. The molecule has 2 rings (SSSR count). The van der Waals surface area contributed by atoms with Crippen LogP contribution in [-0.2, 0) is 6.54 Å². The lowest BCUT2D eigenvalue weighted by Gasteiger charge is -2.10. The highest BCUT2D eigenvalue weighted by Crippen LogP contribution is 2.18. The van der Waals surface area contributed by atoms with Crippen molar-refractivity contribution in [2.75, 3.05) is 0 Å². The van der Waals surface area contributed by atoms with Crippen LogP contribution >= 0.6 is 0 Å². The maximum atomic E-state index is 2.38. The third-order valence-corrected chi connectivity index (χ3v) is 4.48. The molecule has 0 saturated heterocycles. The molecule has 0 aliphatic rings. The van der Waals surface area contributed by atoms with E-state index in [0.717, 1.165) is 6.54 Å². The van der Waals surface area contributed by atoms with E-state index in [4.69, 9.17) is 0 Å². The van der Waals surface area contributed by atoms with E-state index in [2.05, 4.69) is 79.0 Å². The number of hydrogen-bond donors (Lipinski definition) is 0. The van der Waals surface area contributed by atoms with Gasteiger partial charge in [-0.3, -0.25) is 0 Å². The molecule has 118 valence electrons. The number of nitrogens with zero attached hydrogens (tertiary/aromatic N) is 2. The number of aryl methyl sites for hydroxylation is 1. The Morgan fingerprint density at radius 1 is 0.818 bits per heavy atom. The standard InChI is InChI=1S/C20H30N2/c1-4-7-8-9-20(5-2)22-16-12-19(13-17-22)18-10-14-21(6-3)15-11-18/h10-17,20H,4-9H2,1-3H3/q+2. The summed E-state index contributed by atoms with van der Waals surface area (Å²) in [4.78, 5) is 0. The molecule has 2 nitrogen and oxygen atoms in total. The Bertz CT molecular complexity index is 543. The van der Waals surface area contributed by atoms with Gasteiger partial charge in [-0.2, -0.15) is 0 Å². The minimum atomic E-state index is 0.638. The van der Waals surface area contributed by atoms with Gasteiger partial charge in [-0.1, -0.05) is 26.7 Å². The van der Waals surface area contributed by atoms with Gasteiger partial charge in [-0.15, -0.1) is 0 Å². The molecule has 0 spiro atoms. The first kappa shape index (κ1) is 16.7. The van der Waals surface area contributed by atoms with Crippen LogP contribution in [0, 0.1) is 0 Å². The maximum Gasteiger partial charge on any atom is 0.169 e. The number of unbranched alkanes of at least 4 members (excludes halogenated alkanes) is 2. The average molecular weight is 298 g/mol. The summed E-state index contributed by atoms with van der Waals surface area (Å²) in [6.45, 7) is 7.74. The van der Waals surface area contributed by atoms with Gasteiger partial charge in [0.2, 0.25) is 0 Å². The normalized spacial score (nSPS) is 12.3. The van der Waals surface area contributed by atoms with Gasteiger partial charge in [0.15, 0.2) is 30.8 Å². The Kier molecular flexibility index (Phi) is 6.57. The van der Waals surface area contributed by atoms with Gasteiger partial charge in [-0.25, -0.2) is 9.13 Å². The van der Waals surface area contributed by atoms with Crippen molar-refractivity contribution in [2.24, 2.45) is 0 Å². The fourth-order valence-electron chi connectivity index (χ4n) is 2.93. The highest BCUT2D eigenvalue weighted by molar-refractivity contribution is 5.60. The second-order valence-corrected chi connectivity index (χ2v) is 6.01. The molecule has 1 atom stereocenters. The van der Waals surface area contributed by atoms with Crippen molar-refractivity contribution in [3.8, 4) is 11.1 Å². The summed E-state index contributed by atoms with van der Waals surface area (Å²) in [5, 5.41) is 0. The first-order chi connectivity index (χ1) is 10.8. The van der Waals surface area contributed by atoms with E-state index >= 15 is 0 Å². The average Bonchev–Trinajstić information content (AvgIpc) is 2.59. The zero-order valence-electron chi connectivity index (χ0n) is 14.3. The number of aromatic nitrogens is 2. The maximum absolute atomic E-state index is 2.38. The molecule has 0 fully saturated rings. The van der Waals surface area contributed by atoms with E-state index in [0.29, 0.717) is 6.04 Å². The van der Waals surface area contributed by atoms with E-state index in [-0.39, 0.29) is 0 Å². The topological polar surface area (TPSA) is 7.76 Å². The van der Waals surface area contributed by atoms with Gasteiger partial charge in [0.05, 0.1) is 0 Å². The van der Waals surface area contributed by atoms with Crippen LogP contribution in [0.2, 0.25) is 0 Å². The smallest absolute Gasteiger partial charge is 0.169 e. The molecule has 22 heavy (non-hydrogen) atoms. The number of pyridine rings is 2. The number of rotatable bonds is 8. The van der Waals surface area contributed by atoms with Gasteiger partial charge < -0.3 is 0 Å². The molecule has 0 radical (unpaired) electrons. The molecule has 2 aromatic rings. The van der Waals surface area contributed by atoms with Crippen LogP contribution in [0.4, 0.5) is 0 Å². The van der Waals surface area contributed by atoms with Crippen molar-refractivity contribution in [3.63, 3.8) is 0 Å². The van der Waals surface area contributed by atoms with E-state index in [1.54, 1.807) is 0 Å². The van der Waals surface area contributed by atoms with Crippen LogP contribution in [-0.4, -0.2) is 0 Å². The molecule has 0 amide bonds. The molecule has 2 heteroatoms. The van der Waals surface area contributed by atoms with Crippen LogP contribution in [0.3, 0.4) is 0 Å². The van der Waals surface area contributed by atoms with Gasteiger partial charge in [0.1, 0.15) is 6.54 Å². The van der Waals surface area contributed by atoms with Crippen molar-refractivity contribution >= 4 is 0 Å². The third kappa shape index (κ3) is 4.40. The predicted molar refractivity (Wildman–Crippen MR) is 91.4 cm³/mol. The Hall–Kier alpha value is -1.70. The van der Waals surface area contributed by atoms with Crippen LogP contribution in [0.25, 0.3) is 11.1 Å². The van der Waals surface area contributed by atoms with E-state index < -0.39 is 0 Å². The van der Waals surface area contributed by atoms with Crippen molar-refractivity contribution in [1.82, 2.24) is 0 Å². The third-order valence-electron chi connectivity index (χ3n) is 4.48. The first-order valence-corrected chi connectivity index (χ1v) is 8.78. The Balaban J connectivity index is 2.07. The Labute approximate surface area is 135 Å². The number of hydrogen-bond acceptors (Lipinski definition) is 0. The molecular weight excluding hydrogens is 268 g/mol. The second kappa shape index (κ2) is 8.67. The zero-order valence-corrected chi connectivity index (χ0v) is 14.3. The Morgan fingerprint density at radius 2 is 1.41 bits per heavy atom. The largest absolute Gasteiger partial charge is 0.205 e. The van der Waals surface area contributed by atoms with E-state index in [1.807, 2.05) is 0 Å². The highest BCUT2D eigenvalue weighted by Gasteiger charge is 2.15.